The predicted molar refractivity (Wildman–Crippen MR) is 52.1 cm³/mol. The van der Waals surface area contributed by atoms with Crippen LogP contribution in [0.4, 0.5) is 0 Å². The van der Waals surface area contributed by atoms with Crippen molar-refractivity contribution in [3.05, 3.63) is 15.6 Å². The highest BCUT2D eigenvalue weighted by atomic mass is 32.1. The number of nitrogens with zero attached hydrogens (tertiary/aromatic N) is 2. The minimum Gasteiger partial charge on any atom is -0.336 e. The van der Waals surface area contributed by atoms with Crippen LogP contribution in [0.2, 0.25) is 0 Å². The van der Waals surface area contributed by atoms with Gasteiger partial charge in [0, 0.05) is 18.0 Å². The maximum Gasteiger partial charge on any atom is 0.282 e. The van der Waals surface area contributed by atoms with Crippen LogP contribution in [0.5, 0.6) is 0 Å². The van der Waals surface area contributed by atoms with E-state index in [4.69, 9.17) is 0 Å². The van der Waals surface area contributed by atoms with Crippen molar-refractivity contribution in [3.8, 4) is 0 Å². The van der Waals surface area contributed by atoms with Gasteiger partial charge in [-0.05, 0) is 20.3 Å². The molecule has 2 rings (SSSR count). The summed E-state index contributed by atoms with van der Waals surface area (Å²) in [4.78, 5) is 18.9. The van der Waals surface area contributed by atoms with Crippen LogP contribution in [-0.4, -0.2) is 28.9 Å². The number of aryl methyl sites for hydroxylation is 2. The zero-order valence-electron chi connectivity index (χ0n) is 7.83. The van der Waals surface area contributed by atoms with Gasteiger partial charge in [0.2, 0.25) is 0 Å². The van der Waals surface area contributed by atoms with Crippen molar-refractivity contribution < 1.29 is 4.79 Å². The van der Waals surface area contributed by atoms with E-state index < -0.39 is 0 Å². The summed E-state index contributed by atoms with van der Waals surface area (Å²) >= 11 is 1.50. The smallest absolute Gasteiger partial charge is 0.282 e. The highest BCUT2D eigenvalue weighted by Crippen LogP contribution is 2.20. The summed E-state index contributed by atoms with van der Waals surface area (Å²) in [5.41, 5.74) is 0.980. The Hall–Kier alpha value is -0.900. The molecular weight excluding hydrogens is 184 g/mol. The predicted octanol–water partition coefficient (Wildman–Crippen LogP) is 1.61. The van der Waals surface area contributed by atoms with Crippen LogP contribution in [0, 0.1) is 13.8 Å². The first-order valence-electron chi connectivity index (χ1n) is 4.42. The molecule has 1 aliphatic rings. The topological polar surface area (TPSA) is 33.2 Å². The van der Waals surface area contributed by atoms with Crippen LogP contribution in [-0.2, 0) is 0 Å². The molecule has 3 nitrogen and oxygen atoms in total. The average Bonchev–Trinajstić information content (AvgIpc) is 2.28. The fraction of sp³-hybridized carbons (Fsp3) is 0.556. The van der Waals surface area contributed by atoms with E-state index in [2.05, 4.69) is 4.98 Å². The standard InChI is InChI=1S/C9H12N2OS/c1-6-7(2)13-8(10-6)9(12)11-4-3-5-11/h3-5H2,1-2H3. The first-order valence-corrected chi connectivity index (χ1v) is 5.23. The third kappa shape index (κ3) is 1.46. The second kappa shape index (κ2) is 3.10. The molecule has 0 unspecified atom stereocenters. The summed E-state index contributed by atoms with van der Waals surface area (Å²) in [5, 5.41) is 0.648. The highest BCUT2D eigenvalue weighted by molar-refractivity contribution is 7.13. The van der Waals surface area contributed by atoms with Gasteiger partial charge in [0.25, 0.3) is 5.91 Å². The van der Waals surface area contributed by atoms with Crippen molar-refractivity contribution in [2.24, 2.45) is 0 Å². The van der Waals surface area contributed by atoms with Crippen LogP contribution in [0.15, 0.2) is 0 Å². The van der Waals surface area contributed by atoms with Gasteiger partial charge in [0.1, 0.15) is 0 Å². The van der Waals surface area contributed by atoms with E-state index >= 15 is 0 Å². The van der Waals surface area contributed by atoms with E-state index in [0.717, 1.165) is 30.1 Å². The number of hydrogen-bond acceptors (Lipinski definition) is 3. The van der Waals surface area contributed by atoms with Gasteiger partial charge in [-0.3, -0.25) is 4.79 Å². The van der Waals surface area contributed by atoms with Gasteiger partial charge in [-0.15, -0.1) is 11.3 Å². The Bertz CT molecular complexity index is 322. The molecule has 70 valence electrons. The van der Waals surface area contributed by atoms with Gasteiger partial charge in [0.05, 0.1) is 5.69 Å². The molecule has 1 amide bonds. The summed E-state index contributed by atoms with van der Waals surface area (Å²) in [6.07, 6.45) is 1.13. The lowest BCUT2D eigenvalue weighted by atomic mass is 10.2. The van der Waals surface area contributed by atoms with E-state index in [0.29, 0.717) is 5.01 Å². The van der Waals surface area contributed by atoms with E-state index in [1.165, 1.54) is 11.3 Å². The van der Waals surface area contributed by atoms with Gasteiger partial charge in [-0.2, -0.15) is 0 Å². The molecule has 4 heteroatoms. The Balaban J connectivity index is 2.19. The van der Waals surface area contributed by atoms with Crippen LogP contribution in [0.1, 0.15) is 26.8 Å². The number of amides is 1. The van der Waals surface area contributed by atoms with Gasteiger partial charge in [-0.25, -0.2) is 4.98 Å². The van der Waals surface area contributed by atoms with E-state index in [1.807, 2.05) is 18.7 Å². The fourth-order valence-corrected chi connectivity index (χ4v) is 2.10. The van der Waals surface area contributed by atoms with E-state index in [1.54, 1.807) is 0 Å². The van der Waals surface area contributed by atoms with Crippen molar-refractivity contribution in [3.63, 3.8) is 0 Å². The summed E-state index contributed by atoms with van der Waals surface area (Å²) < 4.78 is 0. The Morgan fingerprint density at radius 2 is 2.15 bits per heavy atom. The number of carbonyl (C=O) groups excluding carboxylic acids is 1. The van der Waals surface area contributed by atoms with Gasteiger partial charge in [0.15, 0.2) is 5.01 Å². The Morgan fingerprint density at radius 3 is 2.54 bits per heavy atom. The second-order valence-electron chi connectivity index (χ2n) is 3.31. The molecule has 0 bridgehead atoms. The first-order chi connectivity index (χ1) is 6.18. The molecule has 0 aromatic carbocycles. The monoisotopic (exact) mass is 196 g/mol. The quantitative estimate of drug-likeness (QED) is 0.683. The third-order valence-electron chi connectivity index (χ3n) is 2.35. The zero-order chi connectivity index (χ0) is 9.42. The SMILES string of the molecule is Cc1nc(C(=O)N2CCC2)sc1C. The van der Waals surface area contributed by atoms with Gasteiger partial charge in [-0.1, -0.05) is 0 Å². The molecule has 0 aliphatic carbocycles. The minimum atomic E-state index is 0.104. The van der Waals surface area contributed by atoms with Crippen molar-refractivity contribution in [2.75, 3.05) is 13.1 Å². The minimum absolute atomic E-state index is 0.104. The summed E-state index contributed by atoms with van der Waals surface area (Å²) in [6.45, 7) is 5.74. The van der Waals surface area contributed by atoms with Crippen LogP contribution in [0.3, 0.4) is 0 Å². The normalized spacial score (nSPS) is 15.7. The van der Waals surface area contributed by atoms with E-state index in [9.17, 15) is 4.79 Å². The lowest BCUT2D eigenvalue weighted by Crippen LogP contribution is -2.41. The lowest BCUT2D eigenvalue weighted by Gasteiger charge is -2.29. The molecule has 0 atom stereocenters. The summed E-state index contributed by atoms with van der Waals surface area (Å²) in [5.74, 6) is 0.104. The number of hydrogen-bond donors (Lipinski definition) is 0. The van der Waals surface area contributed by atoms with E-state index in [-0.39, 0.29) is 5.91 Å². The fourth-order valence-electron chi connectivity index (χ4n) is 1.22. The maximum atomic E-state index is 11.7. The van der Waals surface area contributed by atoms with Crippen LogP contribution >= 0.6 is 11.3 Å². The molecule has 1 saturated heterocycles. The van der Waals surface area contributed by atoms with Crippen molar-refractivity contribution in [2.45, 2.75) is 20.3 Å². The molecule has 0 saturated carbocycles. The lowest BCUT2D eigenvalue weighted by molar-refractivity contribution is 0.0651. The molecule has 0 spiro atoms. The van der Waals surface area contributed by atoms with Crippen molar-refractivity contribution in [1.82, 2.24) is 9.88 Å². The largest absolute Gasteiger partial charge is 0.336 e. The number of thiazole rings is 1. The van der Waals surface area contributed by atoms with Gasteiger partial charge < -0.3 is 4.90 Å². The summed E-state index contributed by atoms with van der Waals surface area (Å²) in [7, 11) is 0. The third-order valence-corrected chi connectivity index (χ3v) is 3.42. The number of rotatable bonds is 1. The zero-order valence-corrected chi connectivity index (χ0v) is 8.65. The molecule has 1 aromatic heterocycles. The number of aromatic nitrogens is 1. The molecule has 2 heterocycles. The first kappa shape index (κ1) is 8.69. The molecule has 1 aromatic rings. The Kier molecular flexibility index (Phi) is 2.07. The van der Waals surface area contributed by atoms with Crippen molar-refractivity contribution >= 4 is 17.2 Å². The molecule has 1 aliphatic heterocycles. The molecule has 0 radical (unpaired) electrons. The molecular formula is C9H12N2OS. The number of carbonyl (C=O) groups is 1. The second-order valence-corrected chi connectivity index (χ2v) is 4.51. The number of likely N-dealkylation sites (tertiary alicyclic amines) is 1. The Morgan fingerprint density at radius 1 is 1.46 bits per heavy atom. The van der Waals surface area contributed by atoms with Gasteiger partial charge >= 0.3 is 0 Å². The highest BCUT2D eigenvalue weighted by Gasteiger charge is 2.24. The molecule has 13 heavy (non-hydrogen) atoms. The van der Waals surface area contributed by atoms with Crippen molar-refractivity contribution in [1.29, 1.82) is 0 Å². The molecule has 0 N–H and O–H groups in total. The van der Waals surface area contributed by atoms with Crippen LogP contribution < -0.4 is 0 Å². The Labute approximate surface area is 81.4 Å². The maximum absolute atomic E-state index is 11.7. The summed E-state index contributed by atoms with van der Waals surface area (Å²) in [6, 6.07) is 0. The average molecular weight is 196 g/mol. The van der Waals surface area contributed by atoms with Crippen LogP contribution in [0.25, 0.3) is 0 Å². The molecule has 1 fully saturated rings.